The lowest BCUT2D eigenvalue weighted by Crippen LogP contribution is -2.35. The minimum Gasteiger partial charge on any atom is -0.365 e. The molecule has 1 heterocycles. The Labute approximate surface area is 138 Å². The van der Waals surface area contributed by atoms with Crippen LogP contribution in [0.4, 0.5) is 0 Å². The summed E-state index contributed by atoms with van der Waals surface area (Å²) in [5, 5.41) is 1.40. The summed E-state index contributed by atoms with van der Waals surface area (Å²) in [7, 11) is 2.25. The van der Waals surface area contributed by atoms with Crippen LogP contribution in [0.25, 0.3) is 6.08 Å². The number of thioether (sulfide) groups is 1. The fraction of sp³-hybridized carbons (Fsp3) is 0.600. The summed E-state index contributed by atoms with van der Waals surface area (Å²) in [6.45, 7) is 0. The molecule has 2 heteroatoms. The van der Waals surface area contributed by atoms with Crippen molar-refractivity contribution < 1.29 is 0 Å². The third-order valence-electron chi connectivity index (χ3n) is 6.73. The van der Waals surface area contributed by atoms with E-state index in [9.17, 15) is 0 Å². The van der Waals surface area contributed by atoms with Crippen molar-refractivity contribution in [3.8, 4) is 0 Å². The highest BCUT2D eigenvalue weighted by Gasteiger charge is 2.51. The second-order valence-corrected chi connectivity index (χ2v) is 9.20. The maximum atomic E-state index is 2.42. The van der Waals surface area contributed by atoms with Crippen molar-refractivity contribution in [2.24, 2.45) is 23.7 Å². The topological polar surface area (TPSA) is 3.24 Å². The lowest BCUT2D eigenvalue weighted by Gasteiger charge is -2.43. The second kappa shape index (κ2) is 5.06. The normalized spacial score (nSPS) is 41.8. The zero-order valence-corrected chi connectivity index (χ0v) is 14.1. The van der Waals surface area contributed by atoms with E-state index in [0.29, 0.717) is 5.37 Å². The third kappa shape index (κ3) is 1.99. The van der Waals surface area contributed by atoms with Crippen molar-refractivity contribution in [2.75, 3.05) is 7.05 Å². The van der Waals surface area contributed by atoms with Crippen LogP contribution >= 0.6 is 11.8 Å². The van der Waals surface area contributed by atoms with Crippen molar-refractivity contribution in [3.63, 3.8) is 0 Å². The SMILES string of the molecule is CN1C=Cc2ccccc2C1SC1CCC2CC3CC2C1C3. The molecule has 2 bridgehead atoms. The van der Waals surface area contributed by atoms with Gasteiger partial charge in [-0.05, 0) is 73.0 Å². The summed E-state index contributed by atoms with van der Waals surface area (Å²) in [5.41, 5.74) is 2.93. The van der Waals surface area contributed by atoms with E-state index < -0.39 is 0 Å². The molecule has 1 nitrogen and oxygen atoms in total. The Morgan fingerprint density at radius 1 is 1.05 bits per heavy atom. The molecule has 0 saturated heterocycles. The predicted octanol–water partition coefficient (Wildman–Crippen LogP) is 5.16. The quantitative estimate of drug-likeness (QED) is 0.742. The highest BCUT2D eigenvalue weighted by Crippen LogP contribution is 2.61. The van der Waals surface area contributed by atoms with Crippen LogP contribution < -0.4 is 0 Å². The molecule has 0 spiro atoms. The second-order valence-electron chi connectivity index (χ2n) is 7.88. The maximum Gasteiger partial charge on any atom is 0.101 e. The lowest BCUT2D eigenvalue weighted by atomic mass is 9.71. The molecule has 0 radical (unpaired) electrons. The molecule has 22 heavy (non-hydrogen) atoms. The van der Waals surface area contributed by atoms with Gasteiger partial charge in [-0.2, -0.15) is 0 Å². The largest absolute Gasteiger partial charge is 0.365 e. The number of rotatable bonds is 2. The maximum absolute atomic E-state index is 2.42. The van der Waals surface area contributed by atoms with E-state index in [0.717, 1.165) is 28.9 Å². The Kier molecular flexibility index (Phi) is 3.11. The Hall–Kier alpha value is -0.890. The Morgan fingerprint density at radius 2 is 1.91 bits per heavy atom. The number of hydrogen-bond acceptors (Lipinski definition) is 2. The van der Waals surface area contributed by atoms with Crippen LogP contribution in [0.15, 0.2) is 30.5 Å². The standard InChI is InChI=1S/C20H25NS/c1-21-9-8-14-4-2-3-5-16(14)20(21)22-19-7-6-15-10-13-11-17(15)18(19)12-13/h2-5,8-9,13,15,17-20H,6-7,10-12H2,1H3. The van der Waals surface area contributed by atoms with Gasteiger partial charge in [0.2, 0.25) is 0 Å². The van der Waals surface area contributed by atoms with Gasteiger partial charge < -0.3 is 4.90 Å². The molecule has 6 unspecified atom stereocenters. The van der Waals surface area contributed by atoms with Crippen LogP contribution in [0.3, 0.4) is 0 Å². The molecule has 1 aromatic carbocycles. The van der Waals surface area contributed by atoms with Crippen LogP contribution in [-0.2, 0) is 0 Å². The molecule has 6 atom stereocenters. The first-order valence-electron chi connectivity index (χ1n) is 8.94. The number of benzene rings is 1. The first-order valence-corrected chi connectivity index (χ1v) is 9.88. The van der Waals surface area contributed by atoms with Gasteiger partial charge in [-0.3, -0.25) is 0 Å². The van der Waals surface area contributed by atoms with Crippen LogP contribution in [0.1, 0.15) is 48.6 Å². The molecule has 3 aliphatic carbocycles. The monoisotopic (exact) mass is 311 g/mol. The molecule has 0 N–H and O–H groups in total. The summed E-state index contributed by atoms with van der Waals surface area (Å²) < 4.78 is 0. The molecule has 3 fully saturated rings. The van der Waals surface area contributed by atoms with E-state index >= 15 is 0 Å². The summed E-state index contributed by atoms with van der Waals surface area (Å²) in [5.74, 6) is 4.28. The first kappa shape index (κ1) is 13.5. The summed E-state index contributed by atoms with van der Waals surface area (Å²) in [4.78, 5) is 2.42. The molecule has 1 aliphatic heterocycles. The van der Waals surface area contributed by atoms with Gasteiger partial charge in [0.05, 0.1) is 0 Å². The third-order valence-corrected chi connectivity index (χ3v) is 8.51. The van der Waals surface area contributed by atoms with Crippen LogP contribution in [0, 0.1) is 23.7 Å². The summed E-state index contributed by atoms with van der Waals surface area (Å²) in [6.07, 6.45) is 12.2. The first-order chi connectivity index (χ1) is 10.8. The minimum atomic E-state index is 0.516. The van der Waals surface area contributed by atoms with Crippen molar-refractivity contribution in [2.45, 2.75) is 42.7 Å². The van der Waals surface area contributed by atoms with Crippen LogP contribution in [-0.4, -0.2) is 17.2 Å². The molecule has 3 saturated carbocycles. The number of hydrogen-bond donors (Lipinski definition) is 0. The summed E-state index contributed by atoms with van der Waals surface area (Å²) >= 11 is 2.27. The van der Waals surface area contributed by atoms with E-state index in [1.807, 2.05) is 0 Å². The fourth-order valence-corrected chi connectivity index (χ4v) is 7.53. The van der Waals surface area contributed by atoms with Gasteiger partial charge >= 0.3 is 0 Å². The average molecular weight is 311 g/mol. The lowest BCUT2D eigenvalue weighted by molar-refractivity contribution is 0.170. The Balaban J connectivity index is 1.40. The fourth-order valence-electron chi connectivity index (χ4n) is 5.79. The van der Waals surface area contributed by atoms with Gasteiger partial charge in [-0.25, -0.2) is 0 Å². The van der Waals surface area contributed by atoms with Gasteiger partial charge in [-0.15, -0.1) is 11.8 Å². The highest BCUT2D eigenvalue weighted by molar-refractivity contribution is 8.00. The molecule has 4 aliphatic rings. The summed E-state index contributed by atoms with van der Waals surface area (Å²) in [6, 6.07) is 8.96. The van der Waals surface area contributed by atoms with E-state index in [-0.39, 0.29) is 0 Å². The predicted molar refractivity (Wildman–Crippen MR) is 94.4 cm³/mol. The van der Waals surface area contributed by atoms with Crippen LogP contribution in [0.5, 0.6) is 0 Å². The van der Waals surface area contributed by atoms with Crippen molar-refractivity contribution in [3.05, 3.63) is 41.6 Å². The Bertz CT molecular complexity index is 609. The molecule has 0 amide bonds. The van der Waals surface area contributed by atoms with E-state index in [4.69, 9.17) is 0 Å². The van der Waals surface area contributed by atoms with E-state index in [1.165, 1.54) is 30.4 Å². The minimum absolute atomic E-state index is 0.516. The van der Waals surface area contributed by atoms with E-state index in [1.54, 1.807) is 12.8 Å². The van der Waals surface area contributed by atoms with E-state index in [2.05, 4.69) is 60.3 Å². The van der Waals surface area contributed by atoms with Crippen molar-refractivity contribution in [1.29, 1.82) is 0 Å². The molecular weight excluding hydrogens is 286 g/mol. The number of nitrogens with zero attached hydrogens (tertiary/aromatic N) is 1. The van der Waals surface area contributed by atoms with Crippen LogP contribution in [0.2, 0.25) is 0 Å². The van der Waals surface area contributed by atoms with Crippen molar-refractivity contribution in [1.82, 2.24) is 4.90 Å². The molecule has 116 valence electrons. The van der Waals surface area contributed by atoms with Crippen molar-refractivity contribution >= 4 is 17.8 Å². The van der Waals surface area contributed by atoms with Gasteiger partial charge in [0.15, 0.2) is 0 Å². The number of fused-ring (bicyclic) bond motifs is 2. The highest BCUT2D eigenvalue weighted by atomic mass is 32.2. The zero-order chi connectivity index (χ0) is 14.7. The molecule has 1 aromatic rings. The molecule has 5 rings (SSSR count). The molecular formula is C20H25NS. The zero-order valence-electron chi connectivity index (χ0n) is 13.3. The van der Waals surface area contributed by atoms with Gasteiger partial charge in [0.1, 0.15) is 5.37 Å². The molecule has 0 aromatic heterocycles. The average Bonchev–Trinajstić information content (AvgIpc) is 3.13. The van der Waals surface area contributed by atoms with Gasteiger partial charge in [-0.1, -0.05) is 24.3 Å². The van der Waals surface area contributed by atoms with Gasteiger partial charge in [0, 0.05) is 18.5 Å². The van der Waals surface area contributed by atoms with Gasteiger partial charge in [0.25, 0.3) is 0 Å². The smallest absolute Gasteiger partial charge is 0.101 e. The Morgan fingerprint density at radius 3 is 2.82 bits per heavy atom.